The zero-order valence-electron chi connectivity index (χ0n) is 19.5. The Balaban J connectivity index is 1.47. The first-order valence-corrected chi connectivity index (χ1v) is 12.5. The number of benzene rings is 2. The van der Waals surface area contributed by atoms with Gasteiger partial charge in [-0.1, -0.05) is 12.1 Å². The van der Waals surface area contributed by atoms with Crippen LogP contribution in [-0.2, 0) is 19.6 Å². The fourth-order valence-corrected chi connectivity index (χ4v) is 4.32. The van der Waals surface area contributed by atoms with Crippen LogP contribution in [0, 0.1) is 0 Å². The Bertz CT molecular complexity index is 1480. The van der Waals surface area contributed by atoms with Crippen LogP contribution in [0.3, 0.4) is 0 Å². The van der Waals surface area contributed by atoms with Crippen molar-refractivity contribution in [3.8, 4) is 23.0 Å². The largest absolute Gasteiger partial charge is 0.415 e. The normalized spacial score (nSPS) is 13.1. The number of rotatable bonds is 10. The minimum Gasteiger partial charge on any atom is -0.415 e. The molecule has 12 nitrogen and oxygen atoms in total. The predicted molar refractivity (Wildman–Crippen MR) is 133 cm³/mol. The van der Waals surface area contributed by atoms with Gasteiger partial charge in [0.1, 0.15) is 12.3 Å². The van der Waals surface area contributed by atoms with Crippen molar-refractivity contribution in [2.24, 2.45) is 0 Å². The van der Waals surface area contributed by atoms with Crippen molar-refractivity contribution in [3.63, 3.8) is 0 Å². The fraction of sp³-hybridized carbons (Fsp3) is 0.167. The van der Waals surface area contributed by atoms with E-state index in [1.165, 1.54) is 36.4 Å². The van der Waals surface area contributed by atoms with Gasteiger partial charge in [0.15, 0.2) is 0 Å². The molecule has 4 aromatic rings. The van der Waals surface area contributed by atoms with E-state index in [0.29, 0.717) is 11.3 Å². The summed E-state index contributed by atoms with van der Waals surface area (Å²) in [4.78, 5) is 16.3. The third-order valence-electron chi connectivity index (χ3n) is 5.05. The van der Waals surface area contributed by atoms with Crippen molar-refractivity contribution < 1.29 is 32.6 Å². The van der Waals surface area contributed by atoms with Crippen molar-refractivity contribution in [1.29, 1.82) is 0 Å². The van der Waals surface area contributed by atoms with E-state index in [2.05, 4.69) is 25.2 Å². The predicted octanol–water partition coefficient (Wildman–Crippen LogP) is 2.26. The van der Waals surface area contributed by atoms with Gasteiger partial charge in [-0.3, -0.25) is 14.5 Å². The van der Waals surface area contributed by atoms with E-state index >= 15 is 0 Å². The number of aliphatic hydroxyl groups is 2. The fourth-order valence-electron chi connectivity index (χ4n) is 3.22. The van der Waals surface area contributed by atoms with Gasteiger partial charge in [0, 0.05) is 29.7 Å². The van der Waals surface area contributed by atoms with Gasteiger partial charge in [0.2, 0.25) is 5.89 Å². The molecule has 0 fully saturated rings. The van der Waals surface area contributed by atoms with Crippen LogP contribution in [0.2, 0.25) is 0 Å². The lowest BCUT2D eigenvalue weighted by Crippen LogP contribution is -2.48. The molecule has 1 unspecified atom stereocenters. The summed E-state index contributed by atoms with van der Waals surface area (Å²) in [6.07, 6.45) is 1.59. The maximum atomic E-state index is 13.0. The lowest BCUT2D eigenvalue weighted by atomic mass is 10.2. The number of ether oxygens (including phenoxy) is 1. The number of hydrogen-bond donors (Lipinski definition) is 4. The molecule has 0 saturated heterocycles. The van der Waals surface area contributed by atoms with E-state index in [-0.39, 0.29) is 34.7 Å². The van der Waals surface area contributed by atoms with Gasteiger partial charge < -0.3 is 24.7 Å². The van der Waals surface area contributed by atoms with Gasteiger partial charge in [-0.25, -0.2) is 8.42 Å². The second-order valence-corrected chi connectivity index (χ2v) is 9.35. The number of amides is 1. The Labute approximate surface area is 212 Å². The van der Waals surface area contributed by atoms with Crippen molar-refractivity contribution in [1.82, 2.24) is 15.2 Å². The van der Waals surface area contributed by atoms with Gasteiger partial charge in [-0.2, -0.15) is 0 Å². The van der Waals surface area contributed by atoms with E-state index in [9.17, 15) is 23.4 Å². The van der Waals surface area contributed by atoms with Crippen molar-refractivity contribution in [2.45, 2.75) is 17.6 Å². The summed E-state index contributed by atoms with van der Waals surface area (Å²) in [5.41, 5.74) is 1.37. The highest BCUT2D eigenvalue weighted by Gasteiger charge is 2.36. The number of aliphatic hydroxyl groups excluding tert-OH is 1. The van der Waals surface area contributed by atoms with E-state index in [0.717, 1.165) is 0 Å². The monoisotopic (exact) mass is 525 g/mol. The van der Waals surface area contributed by atoms with E-state index in [1.807, 2.05) is 0 Å². The number of carbonyl (C=O) groups excluding carboxylic acids is 1. The topological polar surface area (TPSA) is 177 Å². The first-order valence-electron chi connectivity index (χ1n) is 11.0. The minimum absolute atomic E-state index is 0.00426. The highest BCUT2D eigenvalue weighted by Crippen LogP contribution is 2.26. The summed E-state index contributed by atoms with van der Waals surface area (Å²) in [6, 6.07) is 16.9. The maximum absolute atomic E-state index is 13.0. The molecular formula is C24H23N5O7S. The Hall–Kier alpha value is -4.17. The molecule has 1 amide bonds. The zero-order valence-corrected chi connectivity index (χ0v) is 20.3. The number of anilines is 2. The quantitative estimate of drug-likeness (QED) is 0.225. The summed E-state index contributed by atoms with van der Waals surface area (Å²) in [5, 5.41) is 29.7. The van der Waals surface area contributed by atoms with Crippen LogP contribution in [0.15, 0.2) is 82.2 Å². The van der Waals surface area contributed by atoms with Crippen molar-refractivity contribution in [3.05, 3.63) is 72.9 Å². The molecule has 0 aliphatic rings. The van der Waals surface area contributed by atoms with Crippen molar-refractivity contribution >= 4 is 27.3 Å². The number of nitrogens with zero attached hydrogens (tertiary/aromatic N) is 3. The highest BCUT2D eigenvalue weighted by atomic mass is 32.2. The summed E-state index contributed by atoms with van der Waals surface area (Å²) in [7, 11) is -3.99. The molecule has 2 aromatic heterocycles. The van der Waals surface area contributed by atoms with E-state index in [1.54, 1.807) is 43.5 Å². The first-order chi connectivity index (χ1) is 17.7. The van der Waals surface area contributed by atoms with Gasteiger partial charge in [0.05, 0.1) is 4.90 Å². The van der Waals surface area contributed by atoms with Gasteiger partial charge in [0.25, 0.3) is 27.6 Å². The van der Waals surface area contributed by atoms with Crippen LogP contribution in [-0.4, -0.2) is 58.7 Å². The summed E-state index contributed by atoms with van der Waals surface area (Å²) in [5.74, 6) is -3.02. The minimum atomic E-state index is -3.99. The van der Waals surface area contributed by atoms with Crippen LogP contribution >= 0.6 is 0 Å². The summed E-state index contributed by atoms with van der Waals surface area (Å²) in [6.45, 7) is 0.633. The van der Waals surface area contributed by atoms with Crippen LogP contribution in [0.1, 0.15) is 6.92 Å². The van der Waals surface area contributed by atoms with E-state index in [4.69, 9.17) is 9.15 Å². The van der Waals surface area contributed by atoms with Gasteiger partial charge in [-0.15, -0.1) is 10.2 Å². The zero-order chi connectivity index (χ0) is 26.5. The number of nitrogens with one attached hydrogen (secondary N) is 2. The Morgan fingerprint density at radius 3 is 2.43 bits per heavy atom. The summed E-state index contributed by atoms with van der Waals surface area (Å²) >= 11 is 0. The number of aromatic nitrogens is 3. The maximum Gasteiger partial charge on any atom is 0.287 e. The molecule has 37 heavy (non-hydrogen) atoms. The molecule has 0 bridgehead atoms. The van der Waals surface area contributed by atoms with Gasteiger partial charge in [-0.05, 0) is 61.5 Å². The Morgan fingerprint density at radius 1 is 1.03 bits per heavy atom. The second kappa shape index (κ2) is 10.8. The Morgan fingerprint density at radius 2 is 1.76 bits per heavy atom. The SMILES string of the molecule is CCOC(O)(CO)C(=O)Nc1ccc(NS(=O)(=O)c2cccc(-c3nnc(-c4ccccn4)o3)c2)cc1. The molecule has 2 heterocycles. The average molecular weight is 526 g/mol. The third-order valence-corrected chi connectivity index (χ3v) is 6.43. The van der Waals surface area contributed by atoms with Crippen LogP contribution < -0.4 is 10.0 Å². The molecule has 192 valence electrons. The van der Waals surface area contributed by atoms with Crippen LogP contribution in [0.25, 0.3) is 23.0 Å². The highest BCUT2D eigenvalue weighted by molar-refractivity contribution is 7.92. The standard InChI is InChI=1S/C24H23N5O7S/c1-2-35-24(32,15-30)23(31)26-17-9-11-18(12-10-17)29-37(33,34)19-7-5-6-16(14-19)21-27-28-22(36-21)20-8-3-4-13-25-20/h3-14,29-30,32H,2,15H2,1H3,(H,26,31). The average Bonchev–Trinajstić information content (AvgIpc) is 3.41. The lowest BCUT2D eigenvalue weighted by Gasteiger charge is -2.24. The molecule has 4 rings (SSSR count). The molecular weight excluding hydrogens is 502 g/mol. The number of sulfonamides is 1. The number of pyridine rings is 1. The third kappa shape index (κ3) is 5.98. The molecule has 13 heteroatoms. The molecule has 1 atom stereocenters. The molecule has 0 aliphatic carbocycles. The number of hydrogen-bond acceptors (Lipinski definition) is 10. The van der Waals surface area contributed by atoms with Crippen LogP contribution in [0.4, 0.5) is 11.4 Å². The molecule has 0 radical (unpaired) electrons. The Kier molecular flexibility index (Phi) is 7.59. The second-order valence-electron chi connectivity index (χ2n) is 7.67. The molecule has 0 spiro atoms. The van der Waals surface area contributed by atoms with Gasteiger partial charge >= 0.3 is 0 Å². The number of carbonyl (C=O) groups is 1. The molecule has 4 N–H and O–H groups in total. The van der Waals surface area contributed by atoms with Crippen LogP contribution in [0.5, 0.6) is 0 Å². The first kappa shape index (κ1) is 25.9. The summed E-state index contributed by atoms with van der Waals surface area (Å²) < 4.78 is 39.0. The molecule has 2 aromatic carbocycles. The molecule has 0 aliphatic heterocycles. The smallest absolute Gasteiger partial charge is 0.287 e. The van der Waals surface area contributed by atoms with E-state index < -0.39 is 28.3 Å². The molecule has 0 saturated carbocycles. The lowest BCUT2D eigenvalue weighted by molar-refractivity contribution is -0.214. The van der Waals surface area contributed by atoms with Crippen molar-refractivity contribution in [2.75, 3.05) is 23.3 Å².